The molecule has 1 fully saturated rings. The van der Waals surface area contributed by atoms with Crippen molar-refractivity contribution in [1.82, 2.24) is 0 Å². The van der Waals surface area contributed by atoms with Gasteiger partial charge in [-0.1, -0.05) is 18.2 Å². The van der Waals surface area contributed by atoms with E-state index in [-0.39, 0.29) is 12.1 Å². The Balaban J connectivity index is 1.89. The van der Waals surface area contributed by atoms with Gasteiger partial charge in [-0.05, 0) is 38.3 Å². The van der Waals surface area contributed by atoms with E-state index in [0.29, 0.717) is 12.1 Å². The molecule has 3 unspecified atom stereocenters. The van der Waals surface area contributed by atoms with Crippen LogP contribution in [0, 0.1) is 6.92 Å². The molecular weight excluding hydrogens is 238 g/mol. The minimum atomic E-state index is 0.236. The maximum Gasteiger partial charge on any atom is 0.196 e. The third-order valence-corrected chi connectivity index (χ3v) is 4.09. The van der Waals surface area contributed by atoms with Gasteiger partial charge in [0.25, 0.3) is 0 Å². The molecule has 1 aromatic carbocycles. The average Bonchev–Trinajstić information content (AvgIpc) is 2.96. The number of nitrogens with zero attached hydrogens (tertiary/aromatic N) is 2. The highest BCUT2D eigenvalue weighted by molar-refractivity contribution is 5.98. The highest BCUT2D eigenvalue weighted by atomic mass is 16.5. The lowest BCUT2D eigenvalue weighted by Crippen LogP contribution is -2.47. The second kappa shape index (κ2) is 4.85. The van der Waals surface area contributed by atoms with Crippen LogP contribution in [0.2, 0.25) is 0 Å². The van der Waals surface area contributed by atoms with Crippen LogP contribution in [0.4, 0.5) is 5.69 Å². The molecule has 0 bridgehead atoms. The molecule has 3 rings (SSSR count). The van der Waals surface area contributed by atoms with Crippen LogP contribution in [-0.2, 0) is 4.74 Å². The number of nitrogens with two attached hydrogens (primary N) is 1. The fraction of sp³-hybridized carbons (Fsp3) is 0.533. The lowest BCUT2D eigenvalue weighted by atomic mass is 10.0. The van der Waals surface area contributed by atoms with E-state index in [1.54, 1.807) is 0 Å². The Kier molecular flexibility index (Phi) is 3.19. The third kappa shape index (κ3) is 2.21. The first-order valence-corrected chi connectivity index (χ1v) is 6.97. The number of anilines is 1. The molecule has 4 heteroatoms. The standard InChI is InChI=1S/C15H21N3O/c1-10-5-3-4-6-12(10)18-13(9-17-15(18)16)14-8-7-11(2)19-14/h3-6,11,13-14H,7-9H2,1-2H3,(H2,16,17). The molecule has 0 radical (unpaired) electrons. The lowest BCUT2D eigenvalue weighted by molar-refractivity contribution is 0.0440. The second-order valence-electron chi connectivity index (χ2n) is 5.49. The van der Waals surface area contributed by atoms with Gasteiger partial charge in [0, 0.05) is 5.69 Å². The smallest absolute Gasteiger partial charge is 0.196 e. The highest BCUT2D eigenvalue weighted by Crippen LogP contribution is 2.31. The molecule has 0 spiro atoms. The van der Waals surface area contributed by atoms with Crippen molar-refractivity contribution in [3.05, 3.63) is 29.8 Å². The lowest BCUT2D eigenvalue weighted by Gasteiger charge is -2.31. The first-order valence-electron chi connectivity index (χ1n) is 6.97. The van der Waals surface area contributed by atoms with Crippen molar-refractivity contribution in [1.29, 1.82) is 0 Å². The zero-order valence-electron chi connectivity index (χ0n) is 11.5. The van der Waals surface area contributed by atoms with E-state index in [1.807, 2.05) is 12.1 Å². The number of ether oxygens (including phenoxy) is 1. The number of rotatable bonds is 2. The quantitative estimate of drug-likeness (QED) is 0.884. The number of benzene rings is 1. The first-order chi connectivity index (χ1) is 9.16. The zero-order chi connectivity index (χ0) is 13.4. The predicted molar refractivity (Wildman–Crippen MR) is 77.5 cm³/mol. The molecular formula is C15H21N3O. The molecule has 0 amide bonds. The Labute approximate surface area is 114 Å². The third-order valence-electron chi connectivity index (χ3n) is 4.09. The molecule has 0 aromatic heterocycles. The van der Waals surface area contributed by atoms with Gasteiger partial charge >= 0.3 is 0 Å². The number of aryl methyl sites for hydroxylation is 1. The Morgan fingerprint density at radius 2 is 2.11 bits per heavy atom. The summed E-state index contributed by atoms with van der Waals surface area (Å²) in [7, 11) is 0. The summed E-state index contributed by atoms with van der Waals surface area (Å²) in [6, 6.07) is 8.55. The van der Waals surface area contributed by atoms with Crippen molar-refractivity contribution in [3.63, 3.8) is 0 Å². The van der Waals surface area contributed by atoms with E-state index in [1.165, 1.54) is 5.56 Å². The van der Waals surface area contributed by atoms with Crippen LogP contribution in [0.3, 0.4) is 0 Å². The van der Waals surface area contributed by atoms with Crippen LogP contribution in [0.1, 0.15) is 25.3 Å². The second-order valence-corrected chi connectivity index (χ2v) is 5.49. The molecule has 2 aliphatic rings. The van der Waals surface area contributed by atoms with Crippen LogP contribution in [-0.4, -0.2) is 30.8 Å². The molecule has 1 saturated heterocycles. The van der Waals surface area contributed by atoms with Crippen molar-refractivity contribution in [2.45, 2.75) is 44.9 Å². The largest absolute Gasteiger partial charge is 0.373 e. The zero-order valence-corrected chi connectivity index (χ0v) is 11.5. The number of guanidine groups is 1. The van der Waals surface area contributed by atoms with E-state index in [4.69, 9.17) is 10.5 Å². The fourth-order valence-electron chi connectivity index (χ4n) is 3.05. The molecule has 2 N–H and O–H groups in total. The summed E-state index contributed by atoms with van der Waals surface area (Å²) in [5.74, 6) is 0.613. The molecule has 0 saturated carbocycles. The van der Waals surface area contributed by atoms with Crippen molar-refractivity contribution < 1.29 is 4.74 Å². The van der Waals surface area contributed by atoms with Crippen LogP contribution >= 0.6 is 0 Å². The van der Waals surface area contributed by atoms with E-state index >= 15 is 0 Å². The van der Waals surface area contributed by atoms with Crippen molar-refractivity contribution in [2.75, 3.05) is 11.4 Å². The SMILES string of the molecule is Cc1ccccc1N1C(N)=NCC1C1CCC(C)O1. The van der Waals surface area contributed by atoms with Crippen LogP contribution < -0.4 is 10.6 Å². The van der Waals surface area contributed by atoms with E-state index in [0.717, 1.165) is 25.1 Å². The molecule has 3 atom stereocenters. The van der Waals surface area contributed by atoms with Gasteiger partial charge in [0.05, 0.1) is 24.8 Å². The summed E-state index contributed by atoms with van der Waals surface area (Å²) in [4.78, 5) is 6.58. The van der Waals surface area contributed by atoms with Crippen molar-refractivity contribution in [2.24, 2.45) is 10.7 Å². The average molecular weight is 259 g/mol. The van der Waals surface area contributed by atoms with Gasteiger partial charge in [0.15, 0.2) is 5.96 Å². The number of hydrogen-bond donors (Lipinski definition) is 1. The summed E-state index contributed by atoms with van der Waals surface area (Å²) < 4.78 is 6.01. The minimum Gasteiger partial charge on any atom is -0.373 e. The molecule has 2 heterocycles. The molecule has 4 nitrogen and oxygen atoms in total. The van der Waals surface area contributed by atoms with E-state index in [9.17, 15) is 0 Å². The van der Waals surface area contributed by atoms with Crippen molar-refractivity contribution >= 4 is 11.6 Å². The Morgan fingerprint density at radius 3 is 2.79 bits per heavy atom. The number of hydrogen-bond acceptors (Lipinski definition) is 4. The van der Waals surface area contributed by atoms with Gasteiger partial charge in [-0.2, -0.15) is 0 Å². The molecule has 0 aliphatic carbocycles. The van der Waals surface area contributed by atoms with E-state index in [2.05, 4.69) is 35.9 Å². The summed E-state index contributed by atoms with van der Waals surface area (Å²) in [6.45, 7) is 4.98. The highest BCUT2D eigenvalue weighted by Gasteiger charge is 2.38. The maximum absolute atomic E-state index is 6.09. The fourth-order valence-corrected chi connectivity index (χ4v) is 3.05. The van der Waals surface area contributed by atoms with Crippen LogP contribution in [0.5, 0.6) is 0 Å². The Bertz CT molecular complexity index is 500. The van der Waals surface area contributed by atoms with Crippen LogP contribution in [0.25, 0.3) is 0 Å². The van der Waals surface area contributed by atoms with Gasteiger partial charge in [0.2, 0.25) is 0 Å². The maximum atomic E-state index is 6.09. The van der Waals surface area contributed by atoms with Gasteiger partial charge in [-0.3, -0.25) is 4.99 Å². The summed E-state index contributed by atoms with van der Waals surface area (Å²) in [5, 5.41) is 0. The summed E-state index contributed by atoms with van der Waals surface area (Å²) >= 11 is 0. The van der Waals surface area contributed by atoms with Gasteiger partial charge in [0.1, 0.15) is 0 Å². The van der Waals surface area contributed by atoms with Crippen molar-refractivity contribution in [3.8, 4) is 0 Å². The van der Waals surface area contributed by atoms with E-state index < -0.39 is 0 Å². The van der Waals surface area contributed by atoms with Gasteiger partial charge in [-0.15, -0.1) is 0 Å². The molecule has 1 aromatic rings. The monoisotopic (exact) mass is 259 g/mol. The summed E-state index contributed by atoms with van der Waals surface area (Å²) in [5.41, 5.74) is 8.46. The van der Waals surface area contributed by atoms with Crippen LogP contribution in [0.15, 0.2) is 29.3 Å². The normalized spacial score (nSPS) is 30.7. The van der Waals surface area contributed by atoms with Gasteiger partial charge in [-0.25, -0.2) is 0 Å². The first kappa shape index (κ1) is 12.5. The Hall–Kier alpha value is -1.55. The molecule has 102 valence electrons. The number of para-hydroxylation sites is 1. The molecule has 2 aliphatic heterocycles. The molecule has 19 heavy (non-hydrogen) atoms. The topological polar surface area (TPSA) is 50.8 Å². The Morgan fingerprint density at radius 1 is 1.32 bits per heavy atom. The minimum absolute atomic E-state index is 0.236. The summed E-state index contributed by atoms with van der Waals surface area (Å²) in [6.07, 6.45) is 2.81. The van der Waals surface area contributed by atoms with Gasteiger partial charge < -0.3 is 15.4 Å². The predicted octanol–water partition coefficient (Wildman–Crippen LogP) is 2.07. The number of aliphatic imine (C=N–C) groups is 1.